The van der Waals surface area contributed by atoms with Crippen molar-refractivity contribution in [3.05, 3.63) is 35.4 Å². The first-order chi connectivity index (χ1) is 10.3. The summed E-state index contributed by atoms with van der Waals surface area (Å²) in [4.78, 5) is 14.7. The molecule has 0 spiro atoms. The van der Waals surface area contributed by atoms with Crippen molar-refractivity contribution in [2.45, 2.75) is 31.8 Å². The van der Waals surface area contributed by atoms with Gasteiger partial charge in [0.05, 0.1) is 29.7 Å². The van der Waals surface area contributed by atoms with Gasteiger partial charge in [-0.25, -0.2) is 22.6 Å². The number of carbonyl (C=O) groups is 1. The molecular weight excluding hydrogens is 310 g/mol. The maximum Gasteiger partial charge on any atom is 0.337 e. The van der Waals surface area contributed by atoms with Crippen LogP contribution in [-0.2, 0) is 23.1 Å². The third-order valence-corrected chi connectivity index (χ3v) is 4.41. The van der Waals surface area contributed by atoms with Crippen molar-refractivity contribution >= 4 is 16.0 Å². The molecule has 0 aliphatic carbocycles. The Kier molecular flexibility index (Phi) is 4.52. The van der Waals surface area contributed by atoms with Gasteiger partial charge in [-0.15, -0.1) is 5.10 Å². The van der Waals surface area contributed by atoms with Crippen LogP contribution in [-0.4, -0.2) is 39.5 Å². The zero-order chi connectivity index (χ0) is 16.3. The van der Waals surface area contributed by atoms with Gasteiger partial charge in [-0.05, 0) is 19.9 Å². The minimum absolute atomic E-state index is 0.000541. The number of rotatable bonds is 6. The highest BCUT2D eigenvalue weighted by Crippen LogP contribution is 2.13. The van der Waals surface area contributed by atoms with Gasteiger partial charge in [-0.3, -0.25) is 4.98 Å². The Balaban J connectivity index is 2.24. The number of carboxylic acids is 1. The second-order valence-electron chi connectivity index (χ2n) is 4.47. The fraction of sp³-hybridized carbons (Fsp3) is 0.333. The lowest BCUT2D eigenvalue weighted by Crippen LogP contribution is -2.25. The maximum absolute atomic E-state index is 12.2. The molecule has 0 aliphatic rings. The highest BCUT2D eigenvalue weighted by Gasteiger charge is 2.19. The van der Waals surface area contributed by atoms with E-state index in [9.17, 15) is 13.2 Å². The summed E-state index contributed by atoms with van der Waals surface area (Å²) < 4.78 is 28.4. The molecule has 0 fully saturated rings. The Morgan fingerprint density at radius 3 is 2.77 bits per heavy atom. The van der Waals surface area contributed by atoms with Gasteiger partial charge in [0.2, 0.25) is 10.0 Å². The normalized spacial score (nSPS) is 11.5. The first kappa shape index (κ1) is 16.0. The molecule has 2 aromatic heterocycles. The van der Waals surface area contributed by atoms with Gasteiger partial charge >= 0.3 is 5.97 Å². The lowest BCUT2D eigenvalue weighted by molar-refractivity contribution is 0.0695. The Morgan fingerprint density at radius 1 is 1.41 bits per heavy atom. The van der Waals surface area contributed by atoms with E-state index in [1.807, 2.05) is 6.92 Å². The largest absolute Gasteiger partial charge is 0.478 e. The first-order valence-corrected chi connectivity index (χ1v) is 7.90. The molecule has 0 bridgehead atoms. The van der Waals surface area contributed by atoms with E-state index < -0.39 is 16.0 Å². The van der Waals surface area contributed by atoms with Crippen molar-refractivity contribution in [1.82, 2.24) is 24.7 Å². The number of aromatic nitrogens is 4. The number of carboxylic acid groups (broad SMARTS) is 1. The Labute approximate surface area is 127 Å². The van der Waals surface area contributed by atoms with Crippen LogP contribution < -0.4 is 4.72 Å². The molecule has 0 saturated heterocycles. The molecule has 0 saturated carbocycles. The molecule has 2 aromatic rings. The van der Waals surface area contributed by atoms with E-state index in [4.69, 9.17) is 5.11 Å². The first-order valence-electron chi connectivity index (χ1n) is 6.42. The summed E-state index contributed by atoms with van der Waals surface area (Å²) in [6.07, 6.45) is 2.58. The van der Waals surface area contributed by atoms with Crippen LogP contribution in [0.15, 0.2) is 23.4 Å². The van der Waals surface area contributed by atoms with Crippen molar-refractivity contribution in [3.63, 3.8) is 0 Å². The van der Waals surface area contributed by atoms with E-state index in [1.54, 1.807) is 4.68 Å². The summed E-state index contributed by atoms with van der Waals surface area (Å²) in [7, 11) is -3.88. The summed E-state index contributed by atoms with van der Waals surface area (Å²) in [5, 5.41) is 16.5. The average Bonchev–Trinajstić information content (AvgIpc) is 2.92. The molecule has 0 amide bonds. The summed E-state index contributed by atoms with van der Waals surface area (Å²) >= 11 is 0. The van der Waals surface area contributed by atoms with Gasteiger partial charge < -0.3 is 5.11 Å². The molecule has 0 radical (unpaired) electrons. The molecule has 118 valence electrons. The fourth-order valence-corrected chi connectivity index (χ4v) is 2.78. The number of hydrogen-bond donors (Lipinski definition) is 2. The number of hydrogen-bond acceptors (Lipinski definition) is 6. The number of aryl methyl sites for hydroxylation is 2. The van der Waals surface area contributed by atoms with Crippen LogP contribution >= 0.6 is 0 Å². The summed E-state index contributed by atoms with van der Waals surface area (Å²) in [6, 6.07) is 1.09. The van der Waals surface area contributed by atoms with E-state index in [1.165, 1.54) is 13.1 Å². The van der Waals surface area contributed by atoms with Crippen molar-refractivity contribution in [2.75, 3.05) is 0 Å². The standard InChI is InChI=1S/C12H15N5O4S/c1-3-17-9(5-14-16-17)6-15-22(20,21)10-4-11(12(18)19)8(2)13-7-10/h4-5,7,15H,3,6H2,1-2H3,(H,18,19). The molecule has 0 unspecified atom stereocenters. The zero-order valence-corrected chi connectivity index (χ0v) is 12.8. The van der Waals surface area contributed by atoms with Crippen molar-refractivity contribution in [1.29, 1.82) is 0 Å². The van der Waals surface area contributed by atoms with E-state index in [-0.39, 0.29) is 22.7 Å². The average molecular weight is 325 g/mol. The molecule has 2 N–H and O–H groups in total. The van der Waals surface area contributed by atoms with Crippen LogP contribution in [0.1, 0.15) is 28.7 Å². The second-order valence-corrected chi connectivity index (χ2v) is 6.24. The number of nitrogens with one attached hydrogen (secondary N) is 1. The number of nitrogens with zero attached hydrogens (tertiary/aromatic N) is 4. The van der Waals surface area contributed by atoms with Crippen LogP contribution in [0.5, 0.6) is 0 Å². The molecule has 0 aliphatic heterocycles. The van der Waals surface area contributed by atoms with Gasteiger partial charge in [0.1, 0.15) is 4.90 Å². The summed E-state index contributed by atoms with van der Waals surface area (Å²) in [5.74, 6) is -1.23. The topological polar surface area (TPSA) is 127 Å². The predicted octanol–water partition coefficient (Wildman–Crippen LogP) is 0.178. The van der Waals surface area contributed by atoms with Gasteiger partial charge in [0.25, 0.3) is 0 Å². The maximum atomic E-state index is 12.2. The Bertz CT molecular complexity index is 800. The lowest BCUT2D eigenvalue weighted by Gasteiger charge is -2.08. The highest BCUT2D eigenvalue weighted by atomic mass is 32.2. The summed E-state index contributed by atoms with van der Waals surface area (Å²) in [5.41, 5.74) is 0.701. The molecule has 0 aromatic carbocycles. The SMILES string of the molecule is CCn1nncc1CNS(=O)(=O)c1cnc(C)c(C(=O)O)c1. The summed E-state index contributed by atoms with van der Waals surface area (Å²) in [6.45, 7) is 3.92. The van der Waals surface area contributed by atoms with Gasteiger partial charge in [-0.2, -0.15) is 0 Å². The molecule has 10 heteroatoms. The zero-order valence-electron chi connectivity index (χ0n) is 12.0. The van der Waals surface area contributed by atoms with E-state index >= 15 is 0 Å². The number of aromatic carboxylic acids is 1. The molecule has 9 nitrogen and oxygen atoms in total. The molecule has 2 heterocycles. The van der Waals surface area contributed by atoms with Crippen molar-refractivity contribution in [2.24, 2.45) is 0 Å². The molecule has 22 heavy (non-hydrogen) atoms. The highest BCUT2D eigenvalue weighted by molar-refractivity contribution is 7.89. The third kappa shape index (κ3) is 3.28. The Hall–Kier alpha value is -2.33. The number of pyridine rings is 1. The van der Waals surface area contributed by atoms with E-state index in [2.05, 4.69) is 20.0 Å². The fourth-order valence-electron chi connectivity index (χ4n) is 1.81. The van der Waals surface area contributed by atoms with Gasteiger partial charge in [0.15, 0.2) is 0 Å². The van der Waals surface area contributed by atoms with E-state index in [0.717, 1.165) is 12.3 Å². The lowest BCUT2D eigenvalue weighted by atomic mass is 10.2. The van der Waals surface area contributed by atoms with Crippen LogP contribution in [0.4, 0.5) is 0 Å². The quantitative estimate of drug-likeness (QED) is 0.775. The Morgan fingerprint density at radius 2 is 2.14 bits per heavy atom. The van der Waals surface area contributed by atoms with Crippen LogP contribution in [0.2, 0.25) is 0 Å². The van der Waals surface area contributed by atoms with Crippen molar-refractivity contribution < 1.29 is 18.3 Å². The second kappa shape index (κ2) is 6.20. The minimum Gasteiger partial charge on any atom is -0.478 e. The van der Waals surface area contributed by atoms with Crippen LogP contribution in [0, 0.1) is 6.92 Å². The molecule has 2 rings (SSSR count). The predicted molar refractivity (Wildman–Crippen MR) is 75.7 cm³/mol. The number of sulfonamides is 1. The van der Waals surface area contributed by atoms with E-state index in [0.29, 0.717) is 12.2 Å². The van der Waals surface area contributed by atoms with Crippen molar-refractivity contribution in [3.8, 4) is 0 Å². The van der Waals surface area contributed by atoms with Crippen LogP contribution in [0.3, 0.4) is 0 Å². The minimum atomic E-state index is -3.88. The third-order valence-electron chi connectivity index (χ3n) is 3.04. The molecule has 0 atom stereocenters. The monoisotopic (exact) mass is 325 g/mol. The van der Waals surface area contributed by atoms with Crippen LogP contribution in [0.25, 0.3) is 0 Å². The van der Waals surface area contributed by atoms with Gasteiger partial charge in [0, 0.05) is 12.7 Å². The smallest absolute Gasteiger partial charge is 0.337 e. The molecular formula is C12H15N5O4S. The van der Waals surface area contributed by atoms with Gasteiger partial charge in [-0.1, -0.05) is 5.21 Å².